The van der Waals surface area contributed by atoms with Gasteiger partial charge in [-0.3, -0.25) is 35.3 Å². The monoisotopic (exact) mass is 488 g/mol. The molecule has 0 saturated heterocycles. The van der Waals surface area contributed by atoms with Crippen molar-refractivity contribution in [3.63, 3.8) is 0 Å². The number of nitro benzene ring substituents is 1. The second kappa shape index (κ2) is 9.67. The van der Waals surface area contributed by atoms with Crippen LogP contribution in [0.1, 0.15) is 26.3 Å². The molecule has 170 valence electrons. The fourth-order valence-corrected chi connectivity index (χ4v) is 4.12. The molecule has 0 aliphatic heterocycles. The van der Waals surface area contributed by atoms with Gasteiger partial charge < -0.3 is 0 Å². The average molecular weight is 489 g/mol. The molecular formula is C21H17ClN4O6S. The Labute approximate surface area is 193 Å². The summed E-state index contributed by atoms with van der Waals surface area (Å²) in [7, 11) is -4.05. The van der Waals surface area contributed by atoms with Gasteiger partial charge in [-0.15, -0.1) is 0 Å². The first-order valence-electron chi connectivity index (χ1n) is 9.31. The number of hydrogen-bond acceptors (Lipinski definition) is 6. The third-order valence-corrected chi connectivity index (χ3v) is 6.18. The molecule has 12 heteroatoms. The van der Waals surface area contributed by atoms with Crippen molar-refractivity contribution in [1.29, 1.82) is 0 Å². The molecular weight excluding hydrogens is 472 g/mol. The Bertz CT molecular complexity index is 1360. The molecule has 0 aromatic heterocycles. The SMILES string of the molecule is Cc1ccc(C(=O)NNC(=O)c2cccc(S(=O)(=O)Nc3ccccc3Cl)c2)cc1[N+](=O)[O-]. The Hall–Kier alpha value is -3.96. The molecule has 0 fully saturated rings. The van der Waals surface area contributed by atoms with Crippen molar-refractivity contribution in [3.05, 3.63) is 98.6 Å². The number of nitrogens with one attached hydrogen (secondary N) is 3. The highest BCUT2D eigenvalue weighted by atomic mass is 35.5. The molecule has 0 bridgehead atoms. The Morgan fingerprint density at radius 3 is 2.18 bits per heavy atom. The summed E-state index contributed by atoms with van der Waals surface area (Å²) in [6.07, 6.45) is 0. The zero-order valence-electron chi connectivity index (χ0n) is 17.0. The zero-order valence-corrected chi connectivity index (χ0v) is 18.6. The number of nitrogens with zero attached hydrogens (tertiary/aromatic N) is 1. The molecule has 0 atom stereocenters. The van der Waals surface area contributed by atoms with Crippen LogP contribution in [-0.2, 0) is 10.0 Å². The third-order valence-electron chi connectivity index (χ3n) is 4.48. The minimum atomic E-state index is -4.05. The highest BCUT2D eigenvalue weighted by Gasteiger charge is 2.19. The summed E-state index contributed by atoms with van der Waals surface area (Å²) in [4.78, 5) is 34.9. The summed E-state index contributed by atoms with van der Waals surface area (Å²) in [5.74, 6) is -1.57. The van der Waals surface area contributed by atoms with Crippen LogP contribution in [0.3, 0.4) is 0 Å². The number of halogens is 1. The lowest BCUT2D eigenvalue weighted by Crippen LogP contribution is -2.41. The Morgan fingerprint density at radius 2 is 1.55 bits per heavy atom. The maximum absolute atomic E-state index is 12.7. The van der Waals surface area contributed by atoms with Crippen LogP contribution >= 0.6 is 11.6 Å². The molecule has 3 aromatic rings. The lowest BCUT2D eigenvalue weighted by atomic mass is 10.1. The normalized spacial score (nSPS) is 10.8. The highest BCUT2D eigenvalue weighted by Crippen LogP contribution is 2.24. The van der Waals surface area contributed by atoms with Crippen LogP contribution in [-0.4, -0.2) is 25.2 Å². The summed E-state index contributed by atoms with van der Waals surface area (Å²) in [6, 6.07) is 15.3. The standard InChI is InChI=1S/C21H17ClN4O6S/c1-13-9-10-15(12-19(13)26(29)30)21(28)24-23-20(27)14-5-4-6-16(11-14)33(31,32)25-18-8-3-2-7-17(18)22/h2-12,25H,1H3,(H,23,27)(H,24,28). The van der Waals surface area contributed by atoms with Crippen LogP contribution in [0, 0.1) is 17.0 Å². The summed E-state index contributed by atoms with van der Waals surface area (Å²) < 4.78 is 27.7. The fourth-order valence-electron chi connectivity index (χ4n) is 2.76. The van der Waals surface area contributed by atoms with Crippen LogP contribution in [0.25, 0.3) is 0 Å². The van der Waals surface area contributed by atoms with Crippen molar-refractivity contribution in [1.82, 2.24) is 10.9 Å². The van der Waals surface area contributed by atoms with Crippen LogP contribution in [0.5, 0.6) is 0 Å². The molecule has 2 amide bonds. The van der Waals surface area contributed by atoms with E-state index in [0.717, 1.165) is 12.1 Å². The molecule has 0 spiro atoms. The number of carbonyl (C=O) groups excluding carboxylic acids is 2. The van der Waals surface area contributed by atoms with E-state index in [2.05, 4.69) is 15.6 Å². The lowest BCUT2D eigenvalue weighted by molar-refractivity contribution is -0.385. The number of amides is 2. The van der Waals surface area contributed by atoms with Crippen molar-refractivity contribution >= 4 is 44.8 Å². The van der Waals surface area contributed by atoms with Gasteiger partial charge in [0, 0.05) is 22.8 Å². The molecule has 0 aliphatic carbocycles. The Morgan fingerprint density at radius 1 is 0.909 bits per heavy atom. The van der Waals surface area contributed by atoms with Gasteiger partial charge in [0.25, 0.3) is 27.5 Å². The minimum Gasteiger partial charge on any atom is -0.278 e. The van der Waals surface area contributed by atoms with Crippen LogP contribution in [0.4, 0.5) is 11.4 Å². The van der Waals surface area contributed by atoms with E-state index in [1.807, 2.05) is 0 Å². The van der Waals surface area contributed by atoms with Gasteiger partial charge in [0.2, 0.25) is 0 Å². The first-order chi connectivity index (χ1) is 15.6. The van der Waals surface area contributed by atoms with Gasteiger partial charge in [-0.1, -0.05) is 35.9 Å². The van der Waals surface area contributed by atoms with Gasteiger partial charge in [0.05, 0.1) is 20.5 Å². The highest BCUT2D eigenvalue weighted by molar-refractivity contribution is 7.92. The van der Waals surface area contributed by atoms with Crippen LogP contribution in [0.2, 0.25) is 5.02 Å². The minimum absolute atomic E-state index is 0.0344. The van der Waals surface area contributed by atoms with Crippen LogP contribution < -0.4 is 15.6 Å². The number of hydrogen-bond donors (Lipinski definition) is 3. The van der Waals surface area contributed by atoms with Gasteiger partial charge in [0.15, 0.2) is 0 Å². The summed E-state index contributed by atoms with van der Waals surface area (Å²) in [5.41, 5.74) is 4.53. The molecule has 3 rings (SSSR count). The number of para-hydroxylation sites is 1. The predicted molar refractivity (Wildman–Crippen MR) is 121 cm³/mol. The fraction of sp³-hybridized carbons (Fsp3) is 0.0476. The number of anilines is 1. The predicted octanol–water partition coefficient (Wildman–Crippen LogP) is 3.43. The molecule has 0 saturated carbocycles. The Balaban J connectivity index is 1.72. The molecule has 3 aromatic carbocycles. The average Bonchev–Trinajstić information content (AvgIpc) is 2.79. The van der Waals surface area contributed by atoms with Gasteiger partial charge in [-0.05, 0) is 43.3 Å². The summed E-state index contributed by atoms with van der Waals surface area (Å²) >= 11 is 5.99. The number of carbonyl (C=O) groups is 2. The second-order valence-corrected chi connectivity index (χ2v) is 8.87. The number of hydrazine groups is 1. The number of aryl methyl sites for hydroxylation is 1. The van der Waals surface area contributed by atoms with E-state index >= 15 is 0 Å². The number of sulfonamides is 1. The Kier molecular flexibility index (Phi) is 6.95. The molecule has 33 heavy (non-hydrogen) atoms. The van der Waals surface area contributed by atoms with Gasteiger partial charge >= 0.3 is 0 Å². The van der Waals surface area contributed by atoms with E-state index < -0.39 is 26.8 Å². The third kappa shape index (κ3) is 5.64. The molecule has 0 radical (unpaired) electrons. The van der Waals surface area contributed by atoms with E-state index in [0.29, 0.717) is 5.56 Å². The number of benzene rings is 3. The molecule has 10 nitrogen and oxygen atoms in total. The maximum Gasteiger partial charge on any atom is 0.273 e. The van der Waals surface area contributed by atoms with E-state index in [9.17, 15) is 28.1 Å². The van der Waals surface area contributed by atoms with Gasteiger partial charge in [0.1, 0.15) is 0 Å². The topological polar surface area (TPSA) is 148 Å². The summed E-state index contributed by atoms with van der Waals surface area (Å²) in [6.45, 7) is 1.53. The molecule has 0 aliphatic rings. The summed E-state index contributed by atoms with van der Waals surface area (Å²) in [5, 5.41) is 11.2. The van der Waals surface area contributed by atoms with Crippen molar-refractivity contribution < 1.29 is 22.9 Å². The van der Waals surface area contributed by atoms with Crippen molar-refractivity contribution in [2.45, 2.75) is 11.8 Å². The molecule has 3 N–H and O–H groups in total. The van der Waals surface area contributed by atoms with Crippen molar-refractivity contribution in [2.75, 3.05) is 4.72 Å². The van der Waals surface area contributed by atoms with Crippen LogP contribution in [0.15, 0.2) is 71.6 Å². The van der Waals surface area contributed by atoms with Crippen molar-refractivity contribution in [3.8, 4) is 0 Å². The van der Waals surface area contributed by atoms with Gasteiger partial charge in [-0.25, -0.2) is 8.42 Å². The smallest absolute Gasteiger partial charge is 0.273 e. The van der Waals surface area contributed by atoms with E-state index in [1.165, 1.54) is 49.4 Å². The van der Waals surface area contributed by atoms with E-state index in [1.54, 1.807) is 12.1 Å². The van der Waals surface area contributed by atoms with Crippen molar-refractivity contribution in [2.24, 2.45) is 0 Å². The molecule has 0 unspecified atom stereocenters. The van der Waals surface area contributed by atoms with E-state index in [4.69, 9.17) is 11.6 Å². The number of nitro groups is 1. The first-order valence-corrected chi connectivity index (χ1v) is 11.2. The second-order valence-electron chi connectivity index (χ2n) is 6.78. The zero-order chi connectivity index (χ0) is 24.2. The maximum atomic E-state index is 12.7. The largest absolute Gasteiger partial charge is 0.278 e. The first kappa shape index (κ1) is 23.7. The number of rotatable bonds is 6. The molecule has 0 heterocycles. The lowest BCUT2D eigenvalue weighted by Gasteiger charge is -2.11. The van der Waals surface area contributed by atoms with Gasteiger partial charge in [-0.2, -0.15) is 0 Å². The van der Waals surface area contributed by atoms with E-state index in [-0.39, 0.29) is 32.4 Å². The quantitative estimate of drug-likeness (QED) is 0.357.